The summed E-state index contributed by atoms with van der Waals surface area (Å²) in [7, 11) is 0. The van der Waals surface area contributed by atoms with Crippen molar-refractivity contribution in [2.45, 2.75) is 0 Å². The second kappa shape index (κ2) is 9.36. The summed E-state index contributed by atoms with van der Waals surface area (Å²) >= 11 is 0. The molecule has 194 valence electrons. The number of hydrogen-bond acceptors (Lipinski definition) is 11. The van der Waals surface area contributed by atoms with Crippen LogP contribution in [0.1, 0.15) is 20.7 Å². The molecule has 0 amide bonds. The minimum absolute atomic E-state index is 0.0289. The Labute approximate surface area is 215 Å². The molecule has 0 fully saturated rings. The molecule has 0 aliphatic carbocycles. The number of para-hydroxylation sites is 2. The molecule has 3 heterocycles. The number of hydrogen-bond donors (Lipinski definition) is 4. The Morgan fingerprint density at radius 1 is 0.744 bits per heavy atom. The zero-order valence-corrected chi connectivity index (χ0v) is 19.3. The first kappa shape index (κ1) is 24.5. The summed E-state index contributed by atoms with van der Waals surface area (Å²) in [5.74, 6) is -3.82. The topological polar surface area (TPSA) is 233 Å². The van der Waals surface area contributed by atoms with E-state index in [2.05, 4.69) is 25.6 Å². The number of nitrogens with zero attached hydrogens (tertiary/aromatic N) is 8. The Morgan fingerprint density at radius 2 is 1.26 bits per heavy atom. The van der Waals surface area contributed by atoms with E-state index in [1.807, 2.05) is 0 Å². The number of carboxylic acid groups (broad SMARTS) is 2. The van der Waals surface area contributed by atoms with E-state index in [1.165, 1.54) is 60.9 Å². The fourth-order valence-electron chi connectivity index (χ4n) is 3.70. The zero-order chi connectivity index (χ0) is 27.8. The smallest absolute Gasteiger partial charge is 0.339 e. The van der Waals surface area contributed by atoms with E-state index in [0.29, 0.717) is 0 Å². The number of carbonyl (C=O) groups is 2. The number of aromatic nitrogens is 7. The standard InChI is InChI=1S/C23H14N8O8/c32-20-11(22(34)35)3-1-5-17(20)29-9-14(25-27-29)13-7-8-16(31(38)39)19(24-13)15-10-30(28-26-15)18-6-2-4-12(21(18)33)23(36)37/h1-10,32-33H,(H,34,35)(H,36,37). The van der Waals surface area contributed by atoms with E-state index in [4.69, 9.17) is 0 Å². The van der Waals surface area contributed by atoms with Crippen LogP contribution in [0.4, 0.5) is 5.69 Å². The van der Waals surface area contributed by atoms with Crippen LogP contribution in [-0.2, 0) is 0 Å². The van der Waals surface area contributed by atoms with E-state index < -0.39 is 34.0 Å². The van der Waals surface area contributed by atoms with E-state index in [0.717, 1.165) is 9.36 Å². The molecule has 0 radical (unpaired) electrons. The van der Waals surface area contributed by atoms with Crippen molar-refractivity contribution in [3.8, 4) is 45.6 Å². The van der Waals surface area contributed by atoms with Gasteiger partial charge < -0.3 is 20.4 Å². The number of aromatic hydroxyl groups is 2. The van der Waals surface area contributed by atoms with Gasteiger partial charge in [0.2, 0.25) is 0 Å². The monoisotopic (exact) mass is 530 g/mol. The van der Waals surface area contributed by atoms with Gasteiger partial charge in [0.1, 0.15) is 33.9 Å². The lowest BCUT2D eigenvalue weighted by atomic mass is 10.1. The molecule has 0 saturated heterocycles. The van der Waals surface area contributed by atoms with E-state index >= 15 is 0 Å². The van der Waals surface area contributed by atoms with Crippen LogP contribution >= 0.6 is 0 Å². The minimum Gasteiger partial charge on any atom is -0.505 e. The lowest BCUT2D eigenvalue weighted by molar-refractivity contribution is -0.384. The summed E-state index contributed by atoms with van der Waals surface area (Å²) in [5, 5.41) is 66.4. The molecule has 4 N–H and O–H groups in total. The fraction of sp³-hybridized carbons (Fsp3) is 0. The second-order valence-corrected chi connectivity index (χ2v) is 7.87. The Morgan fingerprint density at radius 3 is 1.77 bits per heavy atom. The highest BCUT2D eigenvalue weighted by Crippen LogP contribution is 2.32. The normalized spacial score (nSPS) is 10.9. The van der Waals surface area contributed by atoms with Gasteiger partial charge in [0.25, 0.3) is 5.69 Å². The highest BCUT2D eigenvalue weighted by atomic mass is 16.6. The Kier molecular flexibility index (Phi) is 5.88. The van der Waals surface area contributed by atoms with Gasteiger partial charge in [0, 0.05) is 6.07 Å². The van der Waals surface area contributed by atoms with Crippen LogP contribution in [-0.4, -0.2) is 72.3 Å². The first-order valence-corrected chi connectivity index (χ1v) is 10.8. The predicted molar refractivity (Wildman–Crippen MR) is 129 cm³/mol. The van der Waals surface area contributed by atoms with Crippen LogP contribution in [0, 0.1) is 10.1 Å². The van der Waals surface area contributed by atoms with E-state index in [-0.39, 0.29) is 45.3 Å². The van der Waals surface area contributed by atoms with Crippen LogP contribution in [0.5, 0.6) is 11.5 Å². The average molecular weight is 530 g/mol. The van der Waals surface area contributed by atoms with Crippen molar-refractivity contribution in [2.24, 2.45) is 0 Å². The average Bonchev–Trinajstić information content (AvgIpc) is 3.59. The highest BCUT2D eigenvalue weighted by Gasteiger charge is 2.24. The van der Waals surface area contributed by atoms with Crippen LogP contribution < -0.4 is 0 Å². The minimum atomic E-state index is -1.37. The SMILES string of the molecule is O=C(O)c1cccc(-n2cc(-c3ccc([N+](=O)[O-])c(-c4cn(-c5cccc(C(=O)O)c5O)nn4)n3)nn2)c1O. The van der Waals surface area contributed by atoms with Gasteiger partial charge in [-0.3, -0.25) is 10.1 Å². The number of carboxylic acids is 2. The fourth-order valence-corrected chi connectivity index (χ4v) is 3.70. The first-order valence-electron chi connectivity index (χ1n) is 10.8. The van der Waals surface area contributed by atoms with Crippen molar-refractivity contribution in [3.63, 3.8) is 0 Å². The van der Waals surface area contributed by atoms with Crippen LogP contribution in [0.3, 0.4) is 0 Å². The molecule has 0 atom stereocenters. The molecule has 16 nitrogen and oxygen atoms in total. The number of pyridine rings is 1. The third-order valence-electron chi connectivity index (χ3n) is 5.55. The molecule has 2 aromatic carbocycles. The third-order valence-corrected chi connectivity index (χ3v) is 5.55. The molecule has 16 heteroatoms. The Balaban J connectivity index is 1.56. The molecule has 3 aromatic heterocycles. The number of aromatic carboxylic acids is 2. The lowest BCUT2D eigenvalue weighted by Crippen LogP contribution is -2.02. The lowest BCUT2D eigenvalue weighted by Gasteiger charge is -2.06. The van der Waals surface area contributed by atoms with Crippen molar-refractivity contribution in [2.75, 3.05) is 0 Å². The molecule has 0 saturated carbocycles. The number of benzene rings is 2. The first-order chi connectivity index (χ1) is 18.7. The largest absolute Gasteiger partial charge is 0.505 e. The van der Waals surface area contributed by atoms with Gasteiger partial charge in [-0.05, 0) is 30.3 Å². The van der Waals surface area contributed by atoms with E-state index in [1.54, 1.807) is 0 Å². The summed E-state index contributed by atoms with van der Waals surface area (Å²) in [5.41, 5.74) is -1.16. The van der Waals surface area contributed by atoms with Crippen molar-refractivity contribution in [3.05, 3.63) is 82.2 Å². The van der Waals surface area contributed by atoms with Crippen molar-refractivity contribution >= 4 is 17.6 Å². The summed E-state index contributed by atoms with van der Waals surface area (Å²) in [4.78, 5) is 38.0. The van der Waals surface area contributed by atoms with Crippen molar-refractivity contribution < 1.29 is 34.9 Å². The molecule has 39 heavy (non-hydrogen) atoms. The predicted octanol–water partition coefficient (Wildman–Crippen LogP) is 2.29. The van der Waals surface area contributed by atoms with E-state index in [9.17, 15) is 40.1 Å². The van der Waals surface area contributed by atoms with Gasteiger partial charge in [0.05, 0.1) is 23.0 Å². The maximum absolute atomic E-state index is 11.7. The summed E-state index contributed by atoms with van der Waals surface area (Å²) in [6, 6.07) is 10.5. The second-order valence-electron chi connectivity index (χ2n) is 7.87. The number of rotatable bonds is 7. The molecular weight excluding hydrogens is 516 g/mol. The summed E-state index contributed by atoms with van der Waals surface area (Å²) in [6.45, 7) is 0. The molecule has 0 bridgehead atoms. The van der Waals surface area contributed by atoms with Crippen molar-refractivity contribution in [1.29, 1.82) is 0 Å². The van der Waals surface area contributed by atoms with Crippen molar-refractivity contribution in [1.82, 2.24) is 35.0 Å². The zero-order valence-electron chi connectivity index (χ0n) is 19.3. The van der Waals surface area contributed by atoms with Gasteiger partial charge in [0.15, 0.2) is 17.2 Å². The highest BCUT2D eigenvalue weighted by molar-refractivity contribution is 5.92. The maximum atomic E-state index is 11.7. The molecule has 5 aromatic rings. The molecule has 0 aliphatic rings. The maximum Gasteiger partial charge on any atom is 0.339 e. The quantitative estimate of drug-likeness (QED) is 0.175. The van der Waals surface area contributed by atoms with Crippen LogP contribution in [0.25, 0.3) is 34.2 Å². The van der Waals surface area contributed by atoms with Gasteiger partial charge >= 0.3 is 11.9 Å². The molecule has 0 unspecified atom stereocenters. The molecular formula is C23H14N8O8. The molecule has 0 aliphatic heterocycles. The Bertz CT molecular complexity index is 1790. The summed E-state index contributed by atoms with van der Waals surface area (Å²) < 4.78 is 2.16. The van der Waals surface area contributed by atoms with Crippen LogP contribution in [0.2, 0.25) is 0 Å². The molecule has 5 rings (SSSR count). The van der Waals surface area contributed by atoms with Crippen LogP contribution in [0.15, 0.2) is 60.9 Å². The number of nitro groups is 1. The summed E-state index contributed by atoms with van der Waals surface area (Å²) in [6.07, 6.45) is 2.57. The third kappa shape index (κ3) is 4.33. The van der Waals surface area contributed by atoms with Gasteiger partial charge in [-0.25, -0.2) is 23.9 Å². The van der Waals surface area contributed by atoms with Gasteiger partial charge in [-0.1, -0.05) is 22.6 Å². The van der Waals surface area contributed by atoms with Gasteiger partial charge in [-0.2, -0.15) is 0 Å². The molecule has 0 spiro atoms. The Hall–Kier alpha value is -6.19. The van der Waals surface area contributed by atoms with Gasteiger partial charge in [-0.15, -0.1) is 10.2 Å². The number of phenols is 2.